The van der Waals surface area contributed by atoms with Gasteiger partial charge in [0.15, 0.2) is 0 Å². The molecular weight excluding hydrogens is 212 g/mol. The van der Waals surface area contributed by atoms with Crippen LogP contribution in [0.2, 0.25) is 0 Å². The van der Waals surface area contributed by atoms with Crippen molar-refractivity contribution in [3.05, 3.63) is 30.1 Å². The van der Waals surface area contributed by atoms with Crippen LogP contribution in [0.25, 0.3) is 0 Å². The van der Waals surface area contributed by atoms with Gasteiger partial charge < -0.3 is 5.73 Å². The number of nitrogens with two attached hydrogens (primary N) is 1. The molecule has 1 aliphatic rings. The predicted octanol–water partition coefficient (Wildman–Crippen LogP) is 1.41. The van der Waals surface area contributed by atoms with Gasteiger partial charge in [0.1, 0.15) is 0 Å². The summed E-state index contributed by atoms with van der Waals surface area (Å²) >= 11 is 0. The van der Waals surface area contributed by atoms with Gasteiger partial charge in [-0.25, -0.2) is 0 Å². The molecule has 0 aromatic carbocycles. The van der Waals surface area contributed by atoms with Crippen LogP contribution in [-0.2, 0) is 6.42 Å². The Morgan fingerprint density at radius 1 is 1.35 bits per heavy atom. The van der Waals surface area contributed by atoms with Crippen molar-refractivity contribution in [2.45, 2.75) is 31.7 Å². The monoisotopic (exact) mass is 232 g/mol. The number of nitrogens with zero attached hydrogens (tertiary/aromatic N) is 2. The fourth-order valence-corrected chi connectivity index (χ4v) is 2.00. The largest absolute Gasteiger partial charge is 0.388 e. The molecule has 0 spiro atoms. The maximum Gasteiger partial charge on any atom is 0.0918 e. The Labute approximate surface area is 102 Å². The smallest absolute Gasteiger partial charge is 0.0918 e. The molecule has 1 saturated carbocycles. The average molecular weight is 232 g/mol. The molecule has 0 atom stereocenters. The van der Waals surface area contributed by atoms with E-state index in [-0.39, 0.29) is 0 Å². The topological polar surface area (TPSA) is 66.0 Å². The molecule has 0 radical (unpaired) electrons. The molecule has 0 saturated heterocycles. The van der Waals surface area contributed by atoms with E-state index in [0.717, 1.165) is 25.6 Å². The molecule has 0 bridgehead atoms. The third kappa shape index (κ3) is 4.15. The van der Waals surface area contributed by atoms with Gasteiger partial charge in [0.05, 0.1) is 5.84 Å². The minimum atomic E-state index is 0.291. The van der Waals surface area contributed by atoms with Crippen molar-refractivity contribution in [1.82, 2.24) is 9.88 Å². The lowest BCUT2D eigenvalue weighted by atomic mass is 10.2. The van der Waals surface area contributed by atoms with E-state index in [1.54, 1.807) is 0 Å². The predicted molar refractivity (Wildman–Crippen MR) is 69.1 cm³/mol. The molecular formula is C13H20N4. The number of aromatic nitrogens is 1. The van der Waals surface area contributed by atoms with E-state index in [1.165, 1.54) is 18.4 Å². The second kappa shape index (κ2) is 5.77. The van der Waals surface area contributed by atoms with E-state index in [4.69, 9.17) is 11.1 Å². The normalized spacial score (nSPS) is 15.1. The first kappa shape index (κ1) is 12.0. The quantitative estimate of drug-likeness (QED) is 0.552. The highest BCUT2D eigenvalue weighted by Crippen LogP contribution is 2.26. The van der Waals surface area contributed by atoms with Crippen LogP contribution in [0.5, 0.6) is 0 Å². The van der Waals surface area contributed by atoms with Crippen LogP contribution in [-0.4, -0.2) is 34.9 Å². The van der Waals surface area contributed by atoms with Crippen LogP contribution < -0.4 is 5.73 Å². The summed E-state index contributed by atoms with van der Waals surface area (Å²) in [5.41, 5.74) is 6.74. The van der Waals surface area contributed by atoms with Crippen molar-refractivity contribution in [2.75, 3.05) is 13.1 Å². The fraction of sp³-hybridized carbons (Fsp3) is 0.538. The average Bonchev–Trinajstić information content (AvgIpc) is 3.14. The molecule has 4 heteroatoms. The Balaban J connectivity index is 1.79. The van der Waals surface area contributed by atoms with Gasteiger partial charge in [-0.05, 0) is 37.0 Å². The van der Waals surface area contributed by atoms with E-state index >= 15 is 0 Å². The summed E-state index contributed by atoms with van der Waals surface area (Å²) in [6.45, 7) is 1.98. The van der Waals surface area contributed by atoms with Gasteiger partial charge >= 0.3 is 0 Å². The molecule has 0 unspecified atom stereocenters. The van der Waals surface area contributed by atoms with Gasteiger partial charge in [-0.3, -0.25) is 15.3 Å². The summed E-state index contributed by atoms with van der Waals surface area (Å²) in [4.78, 5) is 6.48. The van der Waals surface area contributed by atoms with Gasteiger partial charge in [-0.1, -0.05) is 0 Å². The second-order valence-corrected chi connectivity index (χ2v) is 4.65. The number of rotatable bonds is 7. The van der Waals surface area contributed by atoms with E-state index in [2.05, 4.69) is 22.0 Å². The van der Waals surface area contributed by atoms with Crippen LogP contribution in [0.3, 0.4) is 0 Å². The zero-order valence-corrected chi connectivity index (χ0v) is 10.1. The van der Waals surface area contributed by atoms with Crippen LogP contribution in [0.4, 0.5) is 0 Å². The highest BCUT2D eigenvalue weighted by atomic mass is 15.2. The Hall–Kier alpha value is -1.42. The third-order valence-electron chi connectivity index (χ3n) is 3.17. The van der Waals surface area contributed by atoms with Crippen LogP contribution in [0, 0.1) is 5.41 Å². The molecule has 0 aliphatic heterocycles. The molecule has 4 nitrogen and oxygen atoms in total. The van der Waals surface area contributed by atoms with E-state index in [9.17, 15) is 0 Å². The van der Waals surface area contributed by atoms with Crippen molar-refractivity contribution < 1.29 is 0 Å². The second-order valence-electron chi connectivity index (χ2n) is 4.65. The Bertz CT molecular complexity index is 359. The SMILES string of the molecule is N=C(N)CCN(CCc1ccncc1)C1CC1. The molecule has 3 N–H and O–H groups in total. The zero-order valence-electron chi connectivity index (χ0n) is 10.1. The van der Waals surface area contributed by atoms with Crippen LogP contribution >= 0.6 is 0 Å². The number of hydrogen-bond acceptors (Lipinski definition) is 3. The number of amidine groups is 1. The van der Waals surface area contributed by atoms with Gasteiger partial charge in [0.25, 0.3) is 0 Å². The molecule has 1 fully saturated rings. The number of hydrogen-bond donors (Lipinski definition) is 2. The van der Waals surface area contributed by atoms with Crippen LogP contribution in [0.1, 0.15) is 24.8 Å². The van der Waals surface area contributed by atoms with E-state index < -0.39 is 0 Å². The highest BCUT2D eigenvalue weighted by molar-refractivity contribution is 5.76. The summed E-state index contributed by atoms with van der Waals surface area (Å²) in [5, 5.41) is 7.29. The number of nitrogens with one attached hydrogen (secondary N) is 1. The Kier molecular flexibility index (Phi) is 4.09. The maximum absolute atomic E-state index is 7.29. The molecule has 1 aromatic heterocycles. The van der Waals surface area contributed by atoms with Crippen molar-refractivity contribution in [3.63, 3.8) is 0 Å². The standard InChI is InChI=1S/C13H20N4/c14-13(15)6-10-17(12-1-2-12)9-5-11-3-7-16-8-4-11/h3-4,7-8,12H,1-2,5-6,9-10H2,(H3,14,15). The van der Waals surface area contributed by atoms with Crippen LogP contribution in [0.15, 0.2) is 24.5 Å². The summed E-state index contributed by atoms with van der Waals surface area (Å²) in [7, 11) is 0. The van der Waals surface area contributed by atoms with Crippen molar-refractivity contribution in [2.24, 2.45) is 5.73 Å². The molecule has 0 amide bonds. The molecule has 1 aromatic rings. The van der Waals surface area contributed by atoms with E-state index in [0.29, 0.717) is 12.3 Å². The Morgan fingerprint density at radius 2 is 2.06 bits per heavy atom. The summed E-state index contributed by atoms with van der Waals surface area (Å²) in [6.07, 6.45) is 8.02. The minimum Gasteiger partial charge on any atom is -0.388 e. The summed E-state index contributed by atoms with van der Waals surface area (Å²) in [6, 6.07) is 4.86. The summed E-state index contributed by atoms with van der Waals surface area (Å²) in [5.74, 6) is 0.291. The third-order valence-corrected chi connectivity index (χ3v) is 3.17. The first-order chi connectivity index (χ1) is 8.25. The first-order valence-corrected chi connectivity index (χ1v) is 6.21. The van der Waals surface area contributed by atoms with Gasteiger partial charge in [-0.2, -0.15) is 0 Å². The van der Waals surface area contributed by atoms with E-state index in [1.807, 2.05) is 12.4 Å². The zero-order chi connectivity index (χ0) is 12.1. The lowest BCUT2D eigenvalue weighted by Crippen LogP contribution is -2.31. The molecule has 92 valence electrons. The van der Waals surface area contributed by atoms with Gasteiger partial charge in [-0.15, -0.1) is 0 Å². The molecule has 1 heterocycles. The first-order valence-electron chi connectivity index (χ1n) is 6.21. The number of pyridine rings is 1. The van der Waals surface area contributed by atoms with Crippen molar-refractivity contribution in [3.8, 4) is 0 Å². The van der Waals surface area contributed by atoms with Gasteiger partial charge in [0.2, 0.25) is 0 Å². The molecule has 17 heavy (non-hydrogen) atoms. The minimum absolute atomic E-state index is 0.291. The highest BCUT2D eigenvalue weighted by Gasteiger charge is 2.28. The lowest BCUT2D eigenvalue weighted by Gasteiger charge is -2.21. The summed E-state index contributed by atoms with van der Waals surface area (Å²) < 4.78 is 0. The van der Waals surface area contributed by atoms with Gasteiger partial charge in [0, 0.05) is 37.9 Å². The molecule has 2 rings (SSSR count). The molecule has 1 aliphatic carbocycles. The fourth-order valence-electron chi connectivity index (χ4n) is 2.00. The van der Waals surface area contributed by atoms with Crippen molar-refractivity contribution >= 4 is 5.84 Å². The van der Waals surface area contributed by atoms with Crippen molar-refractivity contribution in [1.29, 1.82) is 5.41 Å². The lowest BCUT2D eigenvalue weighted by molar-refractivity contribution is 0.274. The maximum atomic E-state index is 7.29. The Morgan fingerprint density at radius 3 is 2.65 bits per heavy atom.